The largest absolute Gasteiger partial charge is 0.300 e. The molecule has 0 heterocycles. The van der Waals surface area contributed by atoms with Crippen LogP contribution in [0.15, 0.2) is 29.2 Å². The summed E-state index contributed by atoms with van der Waals surface area (Å²) >= 11 is 1.91. The van der Waals surface area contributed by atoms with Crippen LogP contribution in [0.1, 0.15) is 52.0 Å². The standard InChI is InChI=1S/C17H26OS/c1-4-6-16(18)13-14(3)12-15-7-9-17(10-8-15)19-11-5-2/h7-10,14H,4-6,11-13H2,1-3H3. The molecular weight excluding hydrogens is 252 g/mol. The first-order chi connectivity index (χ1) is 9.15. The van der Waals surface area contributed by atoms with Crippen LogP contribution in [0.25, 0.3) is 0 Å². The van der Waals surface area contributed by atoms with E-state index in [0.717, 1.165) is 25.7 Å². The van der Waals surface area contributed by atoms with E-state index in [2.05, 4.69) is 45.0 Å². The SMILES string of the molecule is CCCSc1ccc(CC(C)CC(=O)CCC)cc1. The van der Waals surface area contributed by atoms with Crippen LogP contribution in [0, 0.1) is 5.92 Å². The van der Waals surface area contributed by atoms with Gasteiger partial charge in [0.2, 0.25) is 0 Å². The Hall–Kier alpha value is -0.760. The molecule has 0 spiro atoms. The quantitative estimate of drug-likeness (QED) is 0.583. The summed E-state index contributed by atoms with van der Waals surface area (Å²) < 4.78 is 0. The average molecular weight is 278 g/mol. The lowest BCUT2D eigenvalue weighted by molar-refractivity contribution is -0.119. The van der Waals surface area contributed by atoms with E-state index in [1.807, 2.05) is 11.8 Å². The van der Waals surface area contributed by atoms with E-state index in [9.17, 15) is 4.79 Å². The predicted molar refractivity (Wildman–Crippen MR) is 84.9 cm³/mol. The van der Waals surface area contributed by atoms with Gasteiger partial charge in [-0.25, -0.2) is 0 Å². The monoisotopic (exact) mass is 278 g/mol. The third-order valence-corrected chi connectivity index (χ3v) is 4.30. The Bertz CT molecular complexity index is 369. The summed E-state index contributed by atoms with van der Waals surface area (Å²) in [6.45, 7) is 6.44. The van der Waals surface area contributed by atoms with Gasteiger partial charge in [-0.05, 0) is 48.6 Å². The summed E-state index contributed by atoms with van der Waals surface area (Å²) in [5.74, 6) is 2.04. The van der Waals surface area contributed by atoms with E-state index in [-0.39, 0.29) is 0 Å². The third-order valence-electron chi connectivity index (χ3n) is 3.09. The Balaban J connectivity index is 2.41. The highest BCUT2D eigenvalue weighted by molar-refractivity contribution is 7.99. The summed E-state index contributed by atoms with van der Waals surface area (Å²) in [5, 5.41) is 0. The van der Waals surface area contributed by atoms with Crippen LogP contribution >= 0.6 is 11.8 Å². The van der Waals surface area contributed by atoms with Crippen molar-refractivity contribution in [2.45, 2.75) is 57.8 Å². The zero-order valence-electron chi connectivity index (χ0n) is 12.4. The molecule has 0 N–H and O–H groups in total. The number of ketones is 1. The molecule has 0 amide bonds. The molecule has 0 saturated carbocycles. The molecule has 1 aromatic rings. The van der Waals surface area contributed by atoms with Crippen molar-refractivity contribution in [3.63, 3.8) is 0 Å². The molecule has 0 fully saturated rings. The van der Waals surface area contributed by atoms with Crippen molar-refractivity contribution >= 4 is 17.5 Å². The maximum atomic E-state index is 11.6. The van der Waals surface area contributed by atoms with Crippen molar-refractivity contribution < 1.29 is 4.79 Å². The summed E-state index contributed by atoms with van der Waals surface area (Å²) in [7, 11) is 0. The Kier molecular flexibility index (Phi) is 7.88. The maximum Gasteiger partial charge on any atom is 0.133 e. The number of carbonyl (C=O) groups excluding carboxylic acids is 1. The molecule has 0 radical (unpaired) electrons. The van der Waals surface area contributed by atoms with Gasteiger partial charge in [0, 0.05) is 17.7 Å². The van der Waals surface area contributed by atoms with Crippen LogP contribution in [-0.4, -0.2) is 11.5 Å². The summed E-state index contributed by atoms with van der Waals surface area (Å²) in [4.78, 5) is 13.0. The molecule has 0 aliphatic carbocycles. The number of carbonyl (C=O) groups is 1. The van der Waals surface area contributed by atoms with Crippen LogP contribution in [0.5, 0.6) is 0 Å². The van der Waals surface area contributed by atoms with Gasteiger partial charge in [-0.3, -0.25) is 4.79 Å². The van der Waals surface area contributed by atoms with Gasteiger partial charge in [-0.2, -0.15) is 0 Å². The fourth-order valence-corrected chi connectivity index (χ4v) is 2.95. The predicted octanol–water partition coefficient (Wildman–Crippen LogP) is 5.13. The molecule has 0 aliphatic rings. The van der Waals surface area contributed by atoms with Crippen molar-refractivity contribution in [1.82, 2.24) is 0 Å². The number of Topliss-reactive ketones (excluding diaryl/α,β-unsaturated/α-hetero) is 1. The zero-order valence-corrected chi connectivity index (χ0v) is 13.3. The first-order valence-electron chi connectivity index (χ1n) is 7.39. The van der Waals surface area contributed by atoms with Crippen molar-refractivity contribution in [2.75, 3.05) is 5.75 Å². The van der Waals surface area contributed by atoms with Gasteiger partial charge >= 0.3 is 0 Å². The van der Waals surface area contributed by atoms with Crippen molar-refractivity contribution in [2.24, 2.45) is 5.92 Å². The topological polar surface area (TPSA) is 17.1 Å². The van der Waals surface area contributed by atoms with Crippen LogP contribution in [-0.2, 0) is 11.2 Å². The van der Waals surface area contributed by atoms with Gasteiger partial charge in [0.05, 0.1) is 0 Å². The first-order valence-corrected chi connectivity index (χ1v) is 8.37. The summed E-state index contributed by atoms with van der Waals surface area (Å²) in [6.07, 6.45) is 4.64. The first kappa shape index (κ1) is 16.3. The van der Waals surface area contributed by atoms with Crippen LogP contribution < -0.4 is 0 Å². The normalized spacial score (nSPS) is 12.4. The zero-order chi connectivity index (χ0) is 14.1. The molecule has 1 nitrogen and oxygen atoms in total. The molecule has 19 heavy (non-hydrogen) atoms. The summed E-state index contributed by atoms with van der Waals surface area (Å²) in [6, 6.07) is 8.82. The Morgan fingerprint density at radius 3 is 2.42 bits per heavy atom. The van der Waals surface area contributed by atoms with Crippen LogP contribution in [0.4, 0.5) is 0 Å². The smallest absolute Gasteiger partial charge is 0.133 e. The lowest BCUT2D eigenvalue weighted by Crippen LogP contribution is -2.07. The molecule has 0 bridgehead atoms. The second-order valence-electron chi connectivity index (χ2n) is 5.29. The number of benzene rings is 1. The molecule has 1 aromatic carbocycles. The second kappa shape index (κ2) is 9.19. The highest BCUT2D eigenvalue weighted by Gasteiger charge is 2.09. The minimum absolute atomic E-state index is 0.408. The minimum atomic E-state index is 0.408. The molecule has 1 rings (SSSR count). The highest BCUT2D eigenvalue weighted by Crippen LogP contribution is 2.21. The number of hydrogen-bond acceptors (Lipinski definition) is 2. The number of thioether (sulfide) groups is 1. The van der Waals surface area contributed by atoms with Gasteiger partial charge in [0.15, 0.2) is 0 Å². The van der Waals surface area contributed by atoms with E-state index in [4.69, 9.17) is 0 Å². The van der Waals surface area contributed by atoms with Crippen LogP contribution in [0.2, 0.25) is 0 Å². The molecule has 1 unspecified atom stereocenters. The number of rotatable bonds is 9. The third kappa shape index (κ3) is 6.81. The highest BCUT2D eigenvalue weighted by atomic mass is 32.2. The lowest BCUT2D eigenvalue weighted by Gasteiger charge is -2.11. The number of hydrogen-bond donors (Lipinski definition) is 0. The van der Waals surface area contributed by atoms with Crippen LogP contribution in [0.3, 0.4) is 0 Å². The molecule has 0 aromatic heterocycles. The van der Waals surface area contributed by atoms with Gasteiger partial charge in [-0.1, -0.05) is 32.9 Å². The van der Waals surface area contributed by atoms with Gasteiger partial charge in [-0.15, -0.1) is 11.8 Å². The summed E-state index contributed by atoms with van der Waals surface area (Å²) in [5.41, 5.74) is 1.35. The Labute approximate surface area is 122 Å². The van der Waals surface area contributed by atoms with E-state index < -0.39 is 0 Å². The van der Waals surface area contributed by atoms with Gasteiger partial charge in [0.1, 0.15) is 5.78 Å². The average Bonchev–Trinajstić information content (AvgIpc) is 2.38. The maximum absolute atomic E-state index is 11.6. The molecule has 0 saturated heterocycles. The van der Waals surface area contributed by atoms with Gasteiger partial charge in [0.25, 0.3) is 0 Å². The molecule has 106 valence electrons. The molecule has 1 atom stereocenters. The van der Waals surface area contributed by atoms with Gasteiger partial charge < -0.3 is 0 Å². The second-order valence-corrected chi connectivity index (χ2v) is 6.46. The fraction of sp³-hybridized carbons (Fsp3) is 0.588. The van der Waals surface area contributed by atoms with Crippen molar-refractivity contribution in [1.29, 1.82) is 0 Å². The molecule has 0 aliphatic heterocycles. The Morgan fingerprint density at radius 2 is 1.84 bits per heavy atom. The molecule has 2 heteroatoms. The molecular formula is C17H26OS. The van der Waals surface area contributed by atoms with E-state index >= 15 is 0 Å². The van der Waals surface area contributed by atoms with Crippen molar-refractivity contribution in [3.05, 3.63) is 29.8 Å². The van der Waals surface area contributed by atoms with E-state index in [0.29, 0.717) is 11.7 Å². The lowest BCUT2D eigenvalue weighted by atomic mass is 9.95. The fourth-order valence-electron chi connectivity index (χ4n) is 2.19. The minimum Gasteiger partial charge on any atom is -0.300 e. The van der Waals surface area contributed by atoms with Crippen molar-refractivity contribution in [3.8, 4) is 0 Å². The van der Waals surface area contributed by atoms with E-state index in [1.165, 1.54) is 22.6 Å². The Morgan fingerprint density at radius 1 is 1.16 bits per heavy atom. The van der Waals surface area contributed by atoms with E-state index in [1.54, 1.807) is 0 Å².